The van der Waals surface area contributed by atoms with E-state index in [0.717, 1.165) is 23.2 Å². The van der Waals surface area contributed by atoms with Crippen molar-refractivity contribution in [3.05, 3.63) is 28.2 Å². The molecule has 0 fully saturated rings. The van der Waals surface area contributed by atoms with E-state index in [9.17, 15) is 4.79 Å². The second-order valence-electron chi connectivity index (χ2n) is 4.75. The molecule has 1 aromatic carbocycles. The lowest BCUT2D eigenvalue weighted by atomic mass is 10.1. The van der Waals surface area contributed by atoms with Crippen molar-refractivity contribution in [2.24, 2.45) is 5.73 Å². The molecule has 1 aromatic rings. The van der Waals surface area contributed by atoms with Crippen LogP contribution in [-0.2, 0) is 11.3 Å². The summed E-state index contributed by atoms with van der Waals surface area (Å²) in [5, 5.41) is 3.29. The molecule has 0 aliphatic heterocycles. The molecule has 4 nitrogen and oxygen atoms in total. The van der Waals surface area contributed by atoms with E-state index in [1.807, 2.05) is 24.8 Å². The molecular formula is C14H22BrN3O. The summed E-state index contributed by atoms with van der Waals surface area (Å²) in [6.07, 6.45) is 0. The number of carbonyl (C=O) groups is 1. The molecule has 0 unspecified atom stereocenters. The fourth-order valence-corrected chi connectivity index (χ4v) is 2.53. The van der Waals surface area contributed by atoms with E-state index in [4.69, 9.17) is 5.73 Å². The molecule has 0 radical (unpaired) electrons. The van der Waals surface area contributed by atoms with Crippen LogP contribution in [0.4, 0.5) is 5.69 Å². The Hall–Kier alpha value is -1.07. The Morgan fingerprint density at radius 1 is 1.47 bits per heavy atom. The highest BCUT2D eigenvalue weighted by atomic mass is 79.9. The molecule has 0 aliphatic rings. The zero-order valence-corrected chi connectivity index (χ0v) is 13.3. The third-order valence-corrected chi connectivity index (χ3v) is 3.49. The molecule has 19 heavy (non-hydrogen) atoms. The van der Waals surface area contributed by atoms with Gasteiger partial charge in [0.2, 0.25) is 5.91 Å². The zero-order valence-electron chi connectivity index (χ0n) is 11.7. The van der Waals surface area contributed by atoms with Gasteiger partial charge >= 0.3 is 0 Å². The molecule has 0 saturated carbocycles. The minimum absolute atomic E-state index is 0.211. The zero-order chi connectivity index (χ0) is 14.4. The maximum atomic E-state index is 11.2. The first-order valence-electron chi connectivity index (χ1n) is 6.49. The average molecular weight is 328 g/mol. The number of nitrogens with one attached hydrogen (secondary N) is 1. The van der Waals surface area contributed by atoms with Crippen molar-refractivity contribution in [1.82, 2.24) is 5.32 Å². The molecule has 0 aromatic heterocycles. The predicted molar refractivity (Wildman–Crippen MR) is 83.2 cm³/mol. The summed E-state index contributed by atoms with van der Waals surface area (Å²) in [6.45, 7) is 8.18. The first-order chi connectivity index (χ1) is 8.95. The Balaban J connectivity index is 2.94. The van der Waals surface area contributed by atoms with E-state index in [0.29, 0.717) is 0 Å². The Morgan fingerprint density at radius 2 is 2.16 bits per heavy atom. The number of benzene rings is 1. The first-order valence-corrected chi connectivity index (χ1v) is 7.29. The highest BCUT2D eigenvalue weighted by Crippen LogP contribution is 2.28. The van der Waals surface area contributed by atoms with E-state index >= 15 is 0 Å². The van der Waals surface area contributed by atoms with Crippen LogP contribution >= 0.6 is 15.9 Å². The van der Waals surface area contributed by atoms with Crippen molar-refractivity contribution in [3.63, 3.8) is 0 Å². The van der Waals surface area contributed by atoms with Crippen LogP contribution in [0, 0.1) is 0 Å². The number of carbonyl (C=O) groups excluding carboxylic acids is 1. The Labute approximate surface area is 123 Å². The summed E-state index contributed by atoms with van der Waals surface area (Å²) in [4.78, 5) is 13.2. The number of rotatable bonds is 7. The minimum atomic E-state index is -0.322. The number of nitrogens with two attached hydrogens (primary N) is 1. The number of hydrogen-bond acceptors (Lipinski definition) is 3. The summed E-state index contributed by atoms with van der Waals surface area (Å²) in [5.74, 6) is -0.322. The van der Waals surface area contributed by atoms with Crippen LogP contribution in [0.5, 0.6) is 0 Å². The molecule has 0 aliphatic carbocycles. The van der Waals surface area contributed by atoms with E-state index in [2.05, 4.69) is 40.3 Å². The molecule has 5 heteroatoms. The minimum Gasteiger partial charge on any atom is -0.368 e. The van der Waals surface area contributed by atoms with Crippen LogP contribution in [-0.4, -0.2) is 25.0 Å². The molecular weight excluding hydrogens is 306 g/mol. The largest absolute Gasteiger partial charge is 0.368 e. The lowest BCUT2D eigenvalue weighted by Gasteiger charge is -2.28. The Morgan fingerprint density at radius 3 is 2.63 bits per heavy atom. The van der Waals surface area contributed by atoms with Gasteiger partial charge in [-0.3, -0.25) is 4.79 Å². The summed E-state index contributed by atoms with van der Waals surface area (Å²) >= 11 is 3.58. The fraction of sp³-hybridized carbons (Fsp3) is 0.500. The van der Waals surface area contributed by atoms with Crippen LogP contribution in [0.25, 0.3) is 0 Å². The molecule has 1 rings (SSSR count). The molecule has 0 spiro atoms. The SMILES string of the molecule is CCNCc1ccc(N(CC(N)=O)C(C)C)c(Br)c1. The maximum Gasteiger partial charge on any atom is 0.236 e. The van der Waals surface area contributed by atoms with Crippen LogP contribution < -0.4 is 16.0 Å². The molecule has 0 heterocycles. The number of primary amides is 1. The number of nitrogens with zero attached hydrogens (tertiary/aromatic N) is 1. The Bertz CT molecular complexity index is 435. The van der Waals surface area contributed by atoms with E-state index in [1.54, 1.807) is 0 Å². The van der Waals surface area contributed by atoms with Gasteiger partial charge in [-0.15, -0.1) is 0 Å². The predicted octanol–water partition coefficient (Wildman–Crippen LogP) is 2.26. The van der Waals surface area contributed by atoms with Gasteiger partial charge in [0, 0.05) is 17.1 Å². The van der Waals surface area contributed by atoms with Gasteiger partial charge < -0.3 is 16.0 Å². The van der Waals surface area contributed by atoms with Gasteiger partial charge in [0.1, 0.15) is 0 Å². The first kappa shape index (κ1) is 16.0. The Kier molecular flexibility index (Phi) is 6.31. The van der Waals surface area contributed by atoms with E-state index in [1.165, 1.54) is 5.56 Å². The summed E-state index contributed by atoms with van der Waals surface area (Å²) in [5.41, 5.74) is 7.51. The highest BCUT2D eigenvalue weighted by molar-refractivity contribution is 9.10. The second kappa shape index (κ2) is 7.50. The number of halogens is 1. The fourth-order valence-electron chi connectivity index (χ4n) is 1.88. The maximum absolute atomic E-state index is 11.2. The van der Waals surface area contributed by atoms with Crippen molar-refractivity contribution < 1.29 is 4.79 Å². The third-order valence-electron chi connectivity index (χ3n) is 2.85. The van der Waals surface area contributed by atoms with Crippen molar-refractivity contribution in [1.29, 1.82) is 0 Å². The number of anilines is 1. The monoisotopic (exact) mass is 327 g/mol. The van der Waals surface area contributed by atoms with Gasteiger partial charge in [-0.2, -0.15) is 0 Å². The molecule has 1 amide bonds. The van der Waals surface area contributed by atoms with Gasteiger partial charge in [0.15, 0.2) is 0 Å². The van der Waals surface area contributed by atoms with Gasteiger partial charge in [-0.05, 0) is 54.0 Å². The molecule has 0 atom stereocenters. The van der Waals surface area contributed by atoms with Gasteiger partial charge in [-0.25, -0.2) is 0 Å². The summed E-state index contributed by atoms with van der Waals surface area (Å²) in [7, 11) is 0. The van der Waals surface area contributed by atoms with Crippen LogP contribution in [0.3, 0.4) is 0 Å². The standard InChI is InChI=1S/C14H22BrN3O/c1-4-17-8-11-5-6-13(12(15)7-11)18(10(2)3)9-14(16)19/h5-7,10,17H,4,8-9H2,1-3H3,(H2,16,19). The molecule has 3 N–H and O–H groups in total. The van der Waals surface area contributed by atoms with Crippen molar-refractivity contribution in [2.75, 3.05) is 18.0 Å². The summed E-state index contributed by atoms with van der Waals surface area (Å²) < 4.78 is 0.984. The van der Waals surface area contributed by atoms with Gasteiger partial charge in [-0.1, -0.05) is 13.0 Å². The normalized spacial score (nSPS) is 10.8. The van der Waals surface area contributed by atoms with Crippen LogP contribution in [0.2, 0.25) is 0 Å². The second-order valence-corrected chi connectivity index (χ2v) is 5.61. The van der Waals surface area contributed by atoms with Crippen molar-refractivity contribution in [3.8, 4) is 0 Å². The van der Waals surface area contributed by atoms with E-state index in [-0.39, 0.29) is 18.5 Å². The molecule has 0 saturated heterocycles. The highest BCUT2D eigenvalue weighted by Gasteiger charge is 2.15. The number of amides is 1. The molecule has 106 valence electrons. The van der Waals surface area contributed by atoms with E-state index < -0.39 is 0 Å². The summed E-state index contributed by atoms with van der Waals surface area (Å²) in [6, 6.07) is 6.39. The topological polar surface area (TPSA) is 58.4 Å². The smallest absolute Gasteiger partial charge is 0.236 e. The van der Waals surface area contributed by atoms with Gasteiger partial charge in [0.25, 0.3) is 0 Å². The van der Waals surface area contributed by atoms with Crippen molar-refractivity contribution in [2.45, 2.75) is 33.4 Å². The lowest BCUT2D eigenvalue weighted by Crippen LogP contribution is -2.38. The van der Waals surface area contributed by atoms with Crippen LogP contribution in [0.15, 0.2) is 22.7 Å². The lowest BCUT2D eigenvalue weighted by molar-refractivity contribution is -0.116. The average Bonchev–Trinajstić information content (AvgIpc) is 2.33. The number of hydrogen-bond donors (Lipinski definition) is 2. The van der Waals surface area contributed by atoms with Gasteiger partial charge in [0.05, 0.1) is 12.2 Å². The molecule has 0 bridgehead atoms. The van der Waals surface area contributed by atoms with Crippen LogP contribution in [0.1, 0.15) is 26.3 Å². The third kappa shape index (κ3) is 4.84. The van der Waals surface area contributed by atoms with Crippen molar-refractivity contribution >= 4 is 27.5 Å². The quantitative estimate of drug-likeness (QED) is 0.807.